The number of hydrogen-bond acceptors (Lipinski definition) is 4. The summed E-state index contributed by atoms with van der Waals surface area (Å²) < 4.78 is 1.95. The Morgan fingerprint density at radius 1 is 1.29 bits per heavy atom. The summed E-state index contributed by atoms with van der Waals surface area (Å²) in [7, 11) is 0. The van der Waals surface area contributed by atoms with Crippen LogP contribution in [0.3, 0.4) is 0 Å². The normalized spacial score (nSPS) is 14.4. The number of carbonyl (C=O) groups is 1. The molecule has 0 spiro atoms. The highest BCUT2D eigenvalue weighted by molar-refractivity contribution is 7.13. The van der Waals surface area contributed by atoms with Gasteiger partial charge in [-0.05, 0) is 50.8 Å². The van der Waals surface area contributed by atoms with Crippen LogP contribution < -0.4 is 10.2 Å². The van der Waals surface area contributed by atoms with Crippen molar-refractivity contribution < 1.29 is 4.79 Å². The van der Waals surface area contributed by atoms with Gasteiger partial charge in [0.2, 0.25) is 0 Å². The van der Waals surface area contributed by atoms with Crippen LogP contribution >= 0.6 is 11.3 Å². The number of anilines is 1. The molecule has 3 rings (SSSR count). The third-order valence-corrected chi connectivity index (χ3v) is 5.56. The Morgan fingerprint density at radius 2 is 2.04 bits per heavy atom. The molecule has 1 fully saturated rings. The van der Waals surface area contributed by atoms with Crippen molar-refractivity contribution in [2.45, 2.75) is 39.7 Å². The molecule has 0 radical (unpaired) electrons. The van der Waals surface area contributed by atoms with Crippen LogP contribution in [-0.4, -0.2) is 28.5 Å². The highest BCUT2D eigenvalue weighted by Crippen LogP contribution is 2.25. The number of amides is 1. The van der Waals surface area contributed by atoms with E-state index >= 15 is 0 Å². The van der Waals surface area contributed by atoms with E-state index < -0.39 is 0 Å². The molecule has 28 heavy (non-hydrogen) atoms. The predicted octanol–water partition coefficient (Wildman–Crippen LogP) is 4.67. The average molecular weight is 397 g/mol. The Kier molecular flexibility index (Phi) is 6.52. The first-order valence-corrected chi connectivity index (χ1v) is 10.5. The van der Waals surface area contributed by atoms with Crippen molar-refractivity contribution in [1.82, 2.24) is 14.9 Å². The van der Waals surface area contributed by atoms with Gasteiger partial charge in [-0.25, -0.2) is 4.98 Å². The molecule has 0 unspecified atom stereocenters. The van der Waals surface area contributed by atoms with Crippen molar-refractivity contribution in [2.75, 3.05) is 18.0 Å². The Bertz CT molecular complexity index is 900. The van der Waals surface area contributed by atoms with Gasteiger partial charge in [0.25, 0.3) is 5.91 Å². The van der Waals surface area contributed by atoms with Crippen molar-refractivity contribution in [3.8, 4) is 0 Å². The standard InChI is InChI=1S/C22H28N4OS/c1-16(2)8-9-18(4)23-21(27)20-12-17(3)13-26(20)14-19-15-28-22(24-19)25-10-6-5-7-11-25/h8-9,12-13,15H,1,4-7,10-11,14H2,2-3H3,(H,23,27)/b9-8-. The van der Waals surface area contributed by atoms with E-state index in [1.54, 1.807) is 17.4 Å². The molecule has 0 aliphatic carbocycles. The summed E-state index contributed by atoms with van der Waals surface area (Å²) in [4.78, 5) is 19.9. The largest absolute Gasteiger partial charge is 0.348 e. The lowest BCUT2D eigenvalue weighted by molar-refractivity contribution is 0.0958. The molecule has 148 valence electrons. The van der Waals surface area contributed by atoms with Gasteiger partial charge in [0.15, 0.2) is 5.13 Å². The second-order valence-electron chi connectivity index (χ2n) is 7.36. The number of piperidine rings is 1. The van der Waals surface area contributed by atoms with E-state index in [0.29, 0.717) is 17.9 Å². The van der Waals surface area contributed by atoms with Gasteiger partial charge >= 0.3 is 0 Å². The van der Waals surface area contributed by atoms with Crippen molar-refractivity contribution in [3.05, 3.63) is 71.2 Å². The Labute approximate surface area is 171 Å². The van der Waals surface area contributed by atoms with E-state index in [9.17, 15) is 4.79 Å². The summed E-state index contributed by atoms with van der Waals surface area (Å²) >= 11 is 1.69. The summed E-state index contributed by atoms with van der Waals surface area (Å²) in [5.74, 6) is -0.170. The number of nitrogens with zero attached hydrogens (tertiary/aromatic N) is 3. The highest BCUT2D eigenvalue weighted by atomic mass is 32.1. The molecule has 6 heteroatoms. The maximum absolute atomic E-state index is 12.7. The molecule has 2 aromatic rings. The van der Waals surface area contributed by atoms with Crippen molar-refractivity contribution in [3.63, 3.8) is 0 Å². The third kappa shape index (κ3) is 5.23. The lowest BCUT2D eigenvalue weighted by Gasteiger charge is -2.25. The first kappa shape index (κ1) is 20.1. The zero-order chi connectivity index (χ0) is 20.1. The van der Waals surface area contributed by atoms with E-state index in [-0.39, 0.29) is 5.91 Å². The monoisotopic (exact) mass is 396 g/mol. The average Bonchev–Trinajstić information content (AvgIpc) is 3.27. The van der Waals surface area contributed by atoms with Crippen molar-refractivity contribution in [1.29, 1.82) is 0 Å². The number of allylic oxidation sites excluding steroid dienone is 3. The summed E-state index contributed by atoms with van der Waals surface area (Å²) in [6.45, 7) is 14.3. The number of aryl methyl sites for hydroxylation is 1. The highest BCUT2D eigenvalue weighted by Gasteiger charge is 2.17. The van der Waals surface area contributed by atoms with Crippen LogP contribution in [0.2, 0.25) is 0 Å². The number of thiazole rings is 1. The van der Waals surface area contributed by atoms with Crippen LogP contribution in [0.5, 0.6) is 0 Å². The predicted molar refractivity (Wildman–Crippen MR) is 117 cm³/mol. The minimum absolute atomic E-state index is 0.170. The molecule has 2 aromatic heterocycles. The summed E-state index contributed by atoms with van der Waals surface area (Å²) in [6, 6.07) is 1.89. The van der Waals surface area contributed by atoms with E-state index in [4.69, 9.17) is 4.98 Å². The van der Waals surface area contributed by atoms with Gasteiger partial charge in [0.1, 0.15) is 5.69 Å². The minimum Gasteiger partial charge on any atom is -0.348 e. The molecule has 3 heterocycles. The molecular formula is C22H28N4OS. The molecule has 0 aromatic carbocycles. The quantitative estimate of drug-likeness (QED) is 0.692. The zero-order valence-corrected chi connectivity index (χ0v) is 17.5. The van der Waals surface area contributed by atoms with Gasteiger partial charge in [0.05, 0.1) is 12.2 Å². The van der Waals surface area contributed by atoms with Crippen LogP contribution in [0.25, 0.3) is 0 Å². The molecule has 0 atom stereocenters. The van der Waals surface area contributed by atoms with E-state index in [0.717, 1.165) is 35.1 Å². The lowest BCUT2D eigenvalue weighted by atomic mass is 10.1. The summed E-state index contributed by atoms with van der Waals surface area (Å²) in [6.07, 6.45) is 9.35. The van der Waals surface area contributed by atoms with Gasteiger partial charge in [-0.1, -0.05) is 24.8 Å². The van der Waals surface area contributed by atoms with Gasteiger partial charge < -0.3 is 14.8 Å². The number of nitrogens with one attached hydrogen (secondary N) is 1. The number of hydrogen-bond donors (Lipinski definition) is 1. The smallest absolute Gasteiger partial charge is 0.272 e. The molecular weight excluding hydrogens is 368 g/mol. The van der Waals surface area contributed by atoms with Crippen LogP contribution in [0, 0.1) is 6.92 Å². The van der Waals surface area contributed by atoms with Crippen LogP contribution in [-0.2, 0) is 6.54 Å². The van der Waals surface area contributed by atoms with Crippen LogP contribution in [0.15, 0.2) is 54.2 Å². The van der Waals surface area contributed by atoms with Crippen molar-refractivity contribution >= 4 is 22.4 Å². The minimum atomic E-state index is -0.170. The van der Waals surface area contributed by atoms with E-state index in [2.05, 4.69) is 28.8 Å². The Morgan fingerprint density at radius 3 is 2.75 bits per heavy atom. The molecule has 1 amide bonds. The number of rotatable bonds is 7. The first-order valence-electron chi connectivity index (χ1n) is 9.62. The van der Waals surface area contributed by atoms with E-state index in [1.165, 1.54) is 19.3 Å². The molecule has 1 N–H and O–H groups in total. The van der Waals surface area contributed by atoms with Gasteiger partial charge in [-0.15, -0.1) is 11.3 Å². The summed E-state index contributed by atoms with van der Waals surface area (Å²) in [5.41, 5.74) is 4.08. The maximum Gasteiger partial charge on any atom is 0.272 e. The van der Waals surface area contributed by atoms with Gasteiger partial charge in [-0.3, -0.25) is 4.79 Å². The first-order chi connectivity index (χ1) is 13.4. The van der Waals surface area contributed by atoms with Gasteiger partial charge in [-0.2, -0.15) is 0 Å². The zero-order valence-electron chi connectivity index (χ0n) is 16.7. The molecule has 1 aliphatic heterocycles. The fourth-order valence-corrected chi connectivity index (χ4v) is 4.12. The van der Waals surface area contributed by atoms with E-state index in [1.807, 2.05) is 36.8 Å². The molecule has 0 bridgehead atoms. The third-order valence-electron chi connectivity index (χ3n) is 4.61. The summed E-state index contributed by atoms with van der Waals surface area (Å²) in [5, 5.41) is 6.02. The maximum atomic E-state index is 12.7. The fraction of sp³-hybridized carbons (Fsp3) is 0.364. The fourth-order valence-electron chi connectivity index (χ4n) is 3.25. The number of aromatic nitrogens is 2. The topological polar surface area (TPSA) is 50.2 Å². The SMILES string of the molecule is C=C(C)/C=C\C(=C)NC(=O)c1cc(C)cn1Cc1csc(N2CCCCC2)n1. The molecule has 0 saturated carbocycles. The molecule has 5 nitrogen and oxygen atoms in total. The Hall–Kier alpha value is -2.60. The lowest BCUT2D eigenvalue weighted by Crippen LogP contribution is -2.29. The van der Waals surface area contributed by atoms with Crippen LogP contribution in [0.4, 0.5) is 5.13 Å². The van der Waals surface area contributed by atoms with Crippen LogP contribution in [0.1, 0.15) is 47.9 Å². The molecule has 1 saturated heterocycles. The Balaban J connectivity index is 1.70. The second kappa shape index (κ2) is 9.06. The second-order valence-corrected chi connectivity index (χ2v) is 8.20. The van der Waals surface area contributed by atoms with Gasteiger partial charge in [0, 0.05) is 30.4 Å². The number of carbonyl (C=O) groups excluding carboxylic acids is 1. The molecule has 1 aliphatic rings. The van der Waals surface area contributed by atoms with Crippen molar-refractivity contribution in [2.24, 2.45) is 0 Å².